The maximum Gasteiger partial charge on any atom is 0.417 e. The molecule has 2 unspecified atom stereocenters. The molecule has 0 N–H and O–H groups in total. The van der Waals surface area contributed by atoms with E-state index in [1.165, 1.54) is 0 Å². The lowest BCUT2D eigenvalue weighted by molar-refractivity contribution is -0.140. The topological polar surface area (TPSA) is 114 Å². The van der Waals surface area contributed by atoms with Crippen molar-refractivity contribution in [2.75, 3.05) is 0 Å². The van der Waals surface area contributed by atoms with E-state index < -0.39 is 77.0 Å². The Bertz CT molecular complexity index is 920. The van der Waals surface area contributed by atoms with Crippen molar-refractivity contribution in [1.29, 1.82) is 0 Å². The smallest absolute Gasteiger partial charge is 0.417 e. The number of halogens is 8. The molecule has 0 aromatic heterocycles. The maximum atomic E-state index is 12.3. The van der Waals surface area contributed by atoms with Gasteiger partial charge >= 0.3 is 23.9 Å². The van der Waals surface area contributed by atoms with Gasteiger partial charge in [0.15, 0.2) is 0 Å². The molecule has 0 heterocycles. The molecule has 0 spiro atoms. The van der Waals surface area contributed by atoms with Gasteiger partial charge in [0.2, 0.25) is 0 Å². The Morgan fingerprint density at radius 3 is 1.13 bits per heavy atom. The Hall–Kier alpha value is -1.36. The zero-order valence-electron chi connectivity index (χ0n) is 14.2. The van der Waals surface area contributed by atoms with Gasteiger partial charge < -0.3 is 9.11 Å². The minimum atomic E-state index is -4.72. The van der Waals surface area contributed by atoms with Crippen LogP contribution in [0.1, 0.15) is 11.1 Å². The Balaban J connectivity index is 0.000000516. The van der Waals surface area contributed by atoms with Crippen LogP contribution in [0.2, 0.25) is 10.0 Å². The summed E-state index contributed by atoms with van der Waals surface area (Å²) in [4.78, 5) is -1.83. The molecule has 0 saturated heterocycles. The van der Waals surface area contributed by atoms with Crippen LogP contribution < -0.4 is 0 Å². The van der Waals surface area contributed by atoms with Crippen LogP contribution in [0.15, 0.2) is 46.2 Å². The minimum Gasteiger partial charge on any atom is -0.768 e. The first-order valence-electron chi connectivity index (χ1n) is 6.91. The van der Waals surface area contributed by atoms with Crippen molar-refractivity contribution >= 4 is 56.9 Å². The van der Waals surface area contributed by atoms with Gasteiger partial charge in [0.25, 0.3) is 0 Å². The molecule has 0 fully saturated rings. The molecule has 6 nitrogen and oxygen atoms in total. The van der Waals surface area contributed by atoms with Crippen LogP contribution in [0.5, 0.6) is 0 Å². The summed E-state index contributed by atoms with van der Waals surface area (Å²) in [6, 6.07) is 5.58. The highest BCUT2D eigenvalue weighted by Crippen LogP contribution is 2.37. The van der Waals surface area contributed by atoms with Gasteiger partial charge in [-0.25, -0.2) is 0 Å². The van der Waals surface area contributed by atoms with Gasteiger partial charge in [0, 0.05) is 0 Å². The number of benzene rings is 2. The second-order valence-corrected chi connectivity index (χ2v) is 7.47. The highest BCUT2D eigenvalue weighted by molar-refractivity contribution is 7.79. The van der Waals surface area contributed by atoms with Gasteiger partial charge in [-0.1, -0.05) is 35.3 Å². The normalized spacial score (nSPS) is 13.1. The summed E-state index contributed by atoms with van der Waals surface area (Å²) in [7, 11) is 0. The molecule has 0 radical (unpaired) electrons. The Labute approximate surface area is 188 Å². The molecule has 0 saturated carbocycles. The summed E-state index contributed by atoms with van der Waals surface area (Å²) in [6.45, 7) is 0. The van der Waals surface area contributed by atoms with Crippen LogP contribution in [0.3, 0.4) is 0 Å². The molecule has 31 heavy (non-hydrogen) atoms. The molecule has 0 aliphatic carbocycles. The van der Waals surface area contributed by atoms with Gasteiger partial charge in [0.05, 0.1) is 31.0 Å². The molecule has 2 rings (SSSR count). The molecule has 174 valence electrons. The lowest BCUT2D eigenvalue weighted by Gasteiger charge is -2.15. The summed E-state index contributed by atoms with van der Waals surface area (Å²) in [5.41, 5.74) is -2.50. The molecular weight excluding hydrogens is 545 g/mol. The number of rotatable bonds is 2. The van der Waals surface area contributed by atoms with E-state index in [1.807, 2.05) is 0 Å². The van der Waals surface area contributed by atoms with Crippen molar-refractivity contribution in [2.24, 2.45) is 0 Å². The monoisotopic (exact) mass is 550 g/mol. The number of alkyl halides is 6. The molecule has 0 aliphatic heterocycles. The zero-order valence-corrected chi connectivity index (χ0v) is 18.1. The number of hydrogen-bond acceptors (Lipinski definition) is 6. The van der Waals surface area contributed by atoms with Gasteiger partial charge in [-0.15, -0.1) is 0 Å². The van der Waals surface area contributed by atoms with Crippen LogP contribution in [-0.2, 0) is 46.1 Å². The van der Waals surface area contributed by atoms with Crippen LogP contribution in [0.25, 0.3) is 0 Å². The lowest BCUT2D eigenvalue weighted by Crippen LogP contribution is -2.10. The van der Waals surface area contributed by atoms with Crippen LogP contribution >= 0.6 is 23.2 Å². The second-order valence-electron chi connectivity index (χ2n) is 4.77. The average molecular weight is 551 g/mol. The third-order valence-electron chi connectivity index (χ3n) is 2.88. The minimum absolute atomic E-state index is 0.437. The molecule has 17 heteroatoms. The third-order valence-corrected chi connectivity index (χ3v) is 5.28. The van der Waals surface area contributed by atoms with E-state index in [9.17, 15) is 43.9 Å². The fourth-order valence-electron chi connectivity index (χ4n) is 1.80. The molecule has 0 amide bonds. The predicted octanol–water partition coefficient (Wildman–Crippen LogP) is 4.52. The quantitative estimate of drug-likeness (QED) is 0.401. The molecule has 2 aromatic rings. The first kappa shape index (κ1) is 29.6. The van der Waals surface area contributed by atoms with Crippen molar-refractivity contribution in [2.45, 2.75) is 22.1 Å². The van der Waals surface area contributed by atoms with Crippen molar-refractivity contribution in [3.63, 3.8) is 0 Å². The molecule has 2 atom stereocenters. The van der Waals surface area contributed by atoms with Gasteiger partial charge in [0.1, 0.15) is 0 Å². The van der Waals surface area contributed by atoms with E-state index >= 15 is 0 Å². The molecule has 2 aromatic carbocycles. The van der Waals surface area contributed by atoms with Crippen LogP contribution in [0.4, 0.5) is 26.3 Å². The highest BCUT2D eigenvalue weighted by Gasteiger charge is 2.35. The van der Waals surface area contributed by atoms with E-state index in [4.69, 9.17) is 31.6 Å². The number of hydrogen-bond donors (Lipinski definition) is 0. The molecular formula is C14H6Cl2F6O6S3-2. The van der Waals surface area contributed by atoms with E-state index in [0.717, 1.165) is 24.3 Å². The van der Waals surface area contributed by atoms with E-state index in [-0.39, 0.29) is 0 Å². The molecule has 0 aliphatic rings. The summed E-state index contributed by atoms with van der Waals surface area (Å²) in [5, 5.41) is -0.874. The van der Waals surface area contributed by atoms with Gasteiger partial charge in [-0.05, 0) is 46.4 Å². The van der Waals surface area contributed by atoms with Crippen molar-refractivity contribution in [1.82, 2.24) is 0 Å². The van der Waals surface area contributed by atoms with E-state index in [0.29, 0.717) is 12.1 Å². The molecule has 0 bridgehead atoms. The fraction of sp³-hybridized carbons (Fsp3) is 0.143. The standard InChI is InChI=1S/2C7H4ClF3O2S.O2S/c2*8-5-3-1-2-4(7(9,10)11)6(5)14(12)13;1-3-2/h2*1-3H,(H,12,13);/p-2. The van der Waals surface area contributed by atoms with Crippen LogP contribution in [-0.4, -0.2) is 25.9 Å². The van der Waals surface area contributed by atoms with Crippen molar-refractivity contribution in [3.8, 4) is 0 Å². The van der Waals surface area contributed by atoms with Crippen LogP contribution in [0, 0.1) is 0 Å². The Morgan fingerprint density at radius 2 is 0.968 bits per heavy atom. The maximum absolute atomic E-state index is 12.3. The second kappa shape index (κ2) is 12.6. The van der Waals surface area contributed by atoms with Gasteiger partial charge in [-0.3, -0.25) is 8.42 Å². The largest absolute Gasteiger partial charge is 0.768 e. The fourth-order valence-corrected chi connectivity index (χ4v) is 3.71. The average Bonchev–Trinajstić information content (AvgIpc) is 2.60. The summed E-state index contributed by atoms with van der Waals surface area (Å²) >= 11 is 3.92. The zero-order chi connectivity index (χ0) is 24.6. The first-order valence-corrected chi connectivity index (χ1v) is 10.5. The summed E-state index contributed by atoms with van der Waals surface area (Å²) < 4.78 is 132. The van der Waals surface area contributed by atoms with E-state index in [2.05, 4.69) is 0 Å². The van der Waals surface area contributed by atoms with Gasteiger partial charge in [-0.2, -0.15) is 34.8 Å². The Morgan fingerprint density at radius 1 is 0.710 bits per heavy atom. The SMILES string of the molecule is O=S([O-])c1c(Cl)cccc1C(F)(F)F.O=S([O-])c1c(Cl)cccc1C(F)(F)F.O=S=O. The lowest BCUT2D eigenvalue weighted by atomic mass is 10.2. The third kappa shape index (κ3) is 9.34. The predicted molar refractivity (Wildman–Crippen MR) is 96.2 cm³/mol. The summed E-state index contributed by atoms with van der Waals surface area (Å²) in [5.74, 6) is 0. The highest BCUT2D eigenvalue weighted by atomic mass is 35.5. The van der Waals surface area contributed by atoms with Crippen molar-refractivity contribution in [3.05, 3.63) is 57.6 Å². The summed E-state index contributed by atoms with van der Waals surface area (Å²) in [6.07, 6.45) is -9.44. The first-order chi connectivity index (χ1) is 14.1. The van der Waals surface area contributed by atoms with E-state index in [1.54, 1.807) is 0 Å². The van der Waals surface area contributed by atoms with Crippen molar-refractivity contribution < 1.29 is 52.3 Å². The Kier molecular flexibility index (Phi) is 12.1.